The minimum Gasteiger partial charge on any atom is -0.382 e. The minimum absolute atomic E-state index is 0.329. The molecular formula is C9H12N4. The van der Waals surface area contributed by atoms with Crippen molar-refractivity contribution in [3.63, 3.8) is 0 Å². The highest BCUT2D eigenvalue weighted by Crippen LogP contribution is 2.24. The summed E-state index contributed by atoms with van der Waals surface area (Å²) < 4.78 is 0. The van der Waals surface area contributed by atoms with E-state index in [4.69, 9.17) is 5.53 Å². The van der Waals surface area contributed by atoms with Crippen LogP contribution in [-0.2, 0) is 0 Å². The molecule has 0 bridgehead atoms. The zero-order valence-electron chi connectivity index (χ0n) is 7.73. The van der Waals surface area contributed by atoms with E-state index in [9.17, 15) is 0 Å². The van der Waals surface area contributed by atoms with E-state index in [-0.39, 0.29) is 0 Å². The predicted molar refractivity (Wildman–Crippen MR) is 54.0 cm³/mol. The van der Waals surface area contributed by atoms with E-state index >= 15 is 0 Å². The largest absolute Gasteiger partial charge is 0.382 e. The van der Waals surface area contributed by atoms with Crippen molar-refractivity contribution in [3.8, 4) is 0 Å². The Balaban J connectivity index is 2.97. The molecule has 4 nitrogen and oxygen atoms in total. The van der Waals surface area contributed by atoms with Crippen LogP contribution in [0.3, 0.4) is 0 Å². The molecule has 0 spiro atoms. The van der Waals surface area contributed by atoms with Crippen molar-refractivity contribution in [2.45, 2.75) is 19.9 Å². The maximum Gasteiger partial charge on any atom is 0.0607 e. The molecule has 0 heterocycles. The molecule has 0 aliphatic heterocycles. The van der Waals surface area contributed by atoms with Gasteiger partial charge in [-0.3, -0.25) is 0 Å². The van der Waals surface area contributed by atoms with Gasteiger partial charge in [0.15, 0.2) is 0 Å². The molecule has 0 unspecified atom stereocenters. The van der Waals surface area contributed by atoms with Gasteiger partial charge in [0, 0.05) is 16.6 Å². The maximum atomic E-state index is 8.31. The van der Waals surface area contributed by atoms with Gasteiger partial charge in [-0.1, -0.05) is 23.3 Å². The highest BCUT2D eigenvalue weighted by atomic mass is 15.1. The van der Waals surface area contributed by atoms with Gasteiger partial charge in [0.25, 0.3) is 0 Å². The molecule has 1 aromatic carbocycles. The molecule has 0 amide bonds. The summed E-state index contributed by atoms with van der Waals surface area (Å²) in [6, 6.07) is 7.75. The van der Waals surface area contributed by atoms with E-state index in [1.807, 2.05) is 32.0 Å². The number of para-hydroxylation sites is 1. The van der Waals surface area contributed by atoms with Gasteiger partial charge in [0.2, 0.25) is 0 Å². The summed E-state index contributed by atoms with van der Waals surface area (Å²) in [5.74, 6) is 0. The number of rotatable bonds is 3. The molecule has 0 aliphatic rings. The molecule has 0 aromatic heterocycles. The van der Waals surface area contributed by atoms with Crippen LogP contribution in [0.25, 0.3) is 10.4 Å². The van der Waals surface area contributed by atoms with E-state index in [0.717, 1.165) is 5.69 Å². The Labute approximate surface area is 77.2 Å². The lowest BCUT2D eigenvalue weighted by molar-refractivity contribution is 0.899. The Morgan fingerprint density at radius 1 is 1.38 bits per heavy atom. The van der Waals surface area contributed by atoms with Gasteiger partial charge in [-0.25, -0.2) is 0 Å². The number of nitrogens with one attached hydrogen (secondary N) is 1. The van der Waals surface area contributed by atoms with Crippen LogP contribution in [0, 0.1) is 0 Å². The normalized spacial score (nSPS) is 9.46. The zero-order valence-corrected chi connectivity index (χ0v) is 7.73. The van der Waals surface area contributed by atoms with Crippen molar-refractivity contribution in [1.29, 1.82) is 0 Å². The van der Waals surface area contributed by atoms with Crippen molar-refractivity contribution in [2.24, 2.45) is 5.11 Å². The molecule has 1 N–H and O–H groups in total. The molecule has 68 valence electrons. The van der Waals surface area contributed by atoms with Crippen LogP contribution < -0.4 is 5.32 Å². The van der Waals surface area contributed by atoms with Gasteiger partial charge in [0.05, 0.1) is 5.69 Å². The van der Waals surface area contributed by atoms with Crippen LogP contribution >= 0.6 is 0 Å². The Hall–Kier alpha value is -1.67. The quantitative estimate of drug-likeness (QED) is 0.428. The lowest BCUT2D eigenvalue weighted by Gasteiger charge is -2.11. The molecule has 13 heavy (non-hydrogen) atoms. The second kappa shape index (κ2) is 4.38. The monoisotopic (exact) mass is 176 g/mol. The van der Waals surface area contributed by atoms with Gasteiger partial charge < -0.3 is 5.32 Å². The molecule has 1 rings (SSSR count). The Morgan fingerprint density at radius 2 is 2.08 bits per heavy atom. The van der Waals surface area contributed by atoms with Gasteiger partial charge in [-0.2, -0.15) is 0 Å². The summed E-state index contributed by atoms with van der Waals surface area (Å²) in [6.07, 6.45) is 0. The summed E-state index contributed by atoms with van der Waals surface area (Å²) in [5.41, 5.74) is 9.82. The van der Waals surface area contributed by atoms with Crippen LogP contribution in [0.2, 0.25) is 0 Å². The first kappa shape index (κ1) is 9.42. The van der Waals surface area contributed by atoms with E-state index in [1.165, 1.54) is 0 Å². The van der Waals surface area contributed by atoms with Crippen LogP contribution in [0.1, 0.15) is 13.8 Å². The second-order valence-corrected chi connectivity index (χ2v) is 3.01. The summed E-state index contributed by atoms with van der Waals surface area (Å²) in [4.78, 5) is 2.76. The van der Waals surface area contributed by atoms with Gasteiger partial charge in [-0.15, -0.1) is 0 Å². The third-order valence-electron chi connectivity index (χ3n) is 1.50. The lowest BCUT2D eigenvalue weighted by Crippen LogP contribution is -2.09. The van der Waals surface area contributed by atoms with Gasteiger partial charge in [-0.05, 0) is 25.4 Å². The number of hydrogen-bond donors (Lipinski definition) is 1. The van der Waals surface area contributed by atoms with Crippen LogP contribution in [0.5, 0.6) is 0 Å². The molecule has 0 atom stereocenters. The first-order chi connectivity index (χ1) is 6.24. The van der Waals surface area contributed by atoms with Gasteiger partial charge in [0.1, 0.15) is 0 Å². The van der Waals surface area contributed by atoms with Crippen molar-refractivity contribution in [3.05, 3.63) is 34.7 Å². The number of azide groups is 1. The predicted octanol–water partition coefficient (Wildman–Crippen LogP) is 3.45. The average molecular weight is 176 g/mol. The second-order valence-electron chi connectivity index (χ2n) is 3.01. The Kier molecular flexibility index (Phi) is 3.17. The topological polar surface area (TPSA) is 60.8 Å². The number of nitrogens with zero attached hydrogens (tertiary/aromatic N) is 3. The maximum absolute atomic E-state index is 8.31. The van der Waals surface area contributed by atoms with Gasteiger partial charge >= 0.3 is 0 Å². The summed E-state index contributed by atoms with van der Waals surface area (Å²) >= 11 is 0. The fourth-order valence-corrected chi connectivity index (χ4v) is 1.04. The van der Waals surface area contributed by atoms with Crippen LogP contribution in [0.4, 0.5) is 11.4 Å². The Bertz CT molecular complexity index is 326. The van der Waals surface area contributed by atoms with Crippen LogP contribution in [-0.4, -0.2) is 6.04 Å². The third-order valence-corrected chi connectivity index (χ3v) is 1.50. The molecule has 0 radical (unpaired) electrons. The van der Waals surface area contributed by atoms with E-state index in [1.54, 1.807) is 6.07 Å². The number of benzene rings is 1. The highest BCUT2D eigenvalue weighted by Gasteiger charge is 1.99. The number of hydrogen-bond acceptors (Lipinski definition) is 2. The SMILES string of the molecule is CC(C)Nc1ccccc1N=[N+]=[N-]. The molecular weight excluding hydrogens is 164 g/mol. The molecule has 0 saturated heterocycles. The van der Waals surface area contributed by atoms with Crippen molar-refractivity contribution < 1.29 is 0 Å². The summed E-state index contributed by atoms with van der Waals surface area (Å²) in [5, 5.41) is 6.77. The first-order valence-corrected chi connectivity index (χ1v) is 4.14. The fraction of sp³-hybridized carbons (Fsp3) is 0.333. The molecule has 0 fully saturated rings. The first-order valence-electron chi connectivity index (χ1n) is 4.14. The number of anilines is 1. The summed E-state index contributed by atoms with van der Waals surface area (Å²) in [6.45, 7) is 4.07. The standard InChI is InChI=1S/C9H12N4/c1-7(2)11-8-5-3-4-6-9(8)12-13-10/h3-7,11H,1-2H3. The third kappa shape index (κ3) is 2.69. The minimum atomic E-state index is 0.329. The molecule has 0 aliphatic carbocycles. The highest BCUT2D eigenvalue weighted by molar-refractivity contribution is 5.65. The van der Waals surface area contributed by atoms with E-state index < -0.39 is 0 Å². The Morgan fingerprint density at radius 3 is 2.69 bits per heavy atom. The zero-order chi connectivity index (χ0) is 9.68. The van der Waals surface area contributed by atoms with E-state index in [0.29, 0.717) is 11.7 Å². The molecule has 0 saturated carbocycles. The summed E-state index contributed by atoms with van der Waals surface area (Å²) in [7, 11) is 0. The average Bonchev–Trinajstić information content (AvgIpc) is 2.08. The smallest absolute Gasteiger partial charge is 0.0607 e. The van der Waals surface area contributed by atoms with Crippen molar-refractivity contribution in [1.82, 2.24) is 0 Å². The van der Waals surface area contributed by atoms with Crippen molar-refractivity contribution in [2.75, 3.05) is 5.32 Å². The molecule has 1 aromatic rings. The van der Waals surface area contributed by atoms with E-state index in [2.05, 4.69) is 15.3 Å². The fourth-order valence-electron chi connectivity index (χ4n) is 1.04. The van der Waals surface area contributed by atoms with Crippen LogP contribution in [0.15, 0.2) is 29.4 Å². The van der Waals surface area contributed by atoms with Crippen molar-refractivity contribution >= 4 is 11.4 Å². The molecule has 4 heteroatoms. The lowest BCUT2D eigenvalue weighted by atomic mass is 10.2.